The van der Waals surface area contributed by atoms with Gasteiger partial charge in [-0.1, -0.05) is 25.1 Å². The van der Waals surface area contributed by atoms with Crippen LogP contribution in [-0.4, -0.2) is 16.0 Å². The van der Waals surface area contributed by atoms with Gasteiger partial charge in [0, 0.05) is 10.6 Å². The van der Waals surface area contributed by atoms with Gasteiger partial charge in [-0.25, -0.2) is 0 Å². The Kier molecular flexibility index (Phi) is 3.84. The second-order valence-electron chi connectivity index (χ2n) is 6.55. The molecule has 5 nitrogen and oxygen atoms in total. The number of thiophene rings is 1. The van der Waals surface area contributed by atoms with Gasteiger partial charge in [0.1, 0.15) is 16.1 Å². The number of anilines is 1. The van der Waals surface area contributed by atoms with Gasteiger partial charge in [-0.05, 0) is 42.9 Å². The SMILES string of the molecule is C[C@@H]1CCc2c(sc3[nH]c(=O)c(C(=O)Nc4ccccc4)c(O)c23)C1. The minimum Gasteiger partial charge on any atom is -0.506 e. The lowest BCUT2D eigenvalue weighted by Crippen LogP contribution is -2.23. The van der Waals surface area contributed by atoms with E-state index < -0.39 is 11.5 Å². The number of para-hydroxylation sites is 1. The number of aromatic nitrogens is 1. The molecule has 1 aliphatic rings. The lowest BCUT2D eigenvalue weighted by Gasteiger charge is -2.18. The van der Waals surface area contributed by atoms with E-state index in [1.165, 1.54) is 16.2 Å². The fourth-order valence-corrected chi connectivity index (χ4v) is 4.82. The van der Waals surface area contributed by atoms with E-state index in [9.17, 15) is 14.7 Å². The van der Waals surface area contributed by atoms with Crippen molar-refractivity contribution in [2.75, 3.05) is 5.32 Å². The molecule has 25 heavy (non-hydrogen) atoms. The highest BCUT2D eigenvalue weighted by molar-refractivity contribution is 7.18. The third-order valence-electron chi connectivity index (χ3n) is 4.70. The number of H-pyrrole nitrogens is 1. The number of aromatic amines is 1. The number of aromatic hydroxyl groups is 1. The molecule has 0 unspecified atom stereocenters. The Morgan fingerprint density at radius 1 is 1.32 bits per heavy atom. The molecular weight excluding hydrogens is 336 g/mol. The maximum atomic E-state index is 12.6. The smallest absolute Gasteiger partial charge is 0.265 e. The zero-order valence-corrected chi connectivity index (χ0v) is 14.6. The maximum Gasteiger partial charge on any atom is 0.265 e. The van der Waals surface area contributed by atoms with E-state index >= 15 is 0 Å². The molecule has 2 heterocycles. The summed E-state index contributed by atoms with van der Waals surface area (Å²) in [5, 5.41) is 14.0. The lowest BCUT2D eigenvalue weighted by atomic mass is 9.89. The number of hydrogen-bond acceptors (Lipinski definition) is 4. The van der Waals surface area contributed by atoms with Crippen molar-refractivity contribution in [3.05, 3.63) is 56.7 Å². The van der Waals surface area contributed by atoms with E-state index in [1.807, 2.05) is 6.07 Å². The molecule has 1 atom stereocenters. The van der Waals surface area contributed by atoms with Crippen LogP contribution in [0.1, 0.15) is 34.1 Å². The number of carbonyl (C=O) groups excluding carboxylic acids is 1. The fourth-order valence-electron chi connectivity index (χ4n) is 3.41. The molecule has 3 N–H and O–H groups in total. The molecule has 2 aromatic heterocycles. The van der Waals surface area contributed by atoms with E-state index in [-0.39, 0.29) is 11.3 Å². The molecule has 0 saturated heterocycles. The molecule has 1 amide bonds. The first kappa shape index (κ1) is 15.9. The van der Waals surface area contributed by atoms with Crippen molar-refractivity contribution in [3.8, 4) is 5.75 Å². The first-order valence-electron chi connectivity index (χ1n) is 8.30. The van der Waals surface area contributed by atoms with Crippen LogP contribution < -0.4 is 10.9 Å². The van der Waals surface area contributed by atoms with E-state index in [0.29, 0.717) is 21.8 Å². The monoisotopic (exact) mass is 354 g/mol. The van der Waals surface area contributed by atoms with Crippen LogP contribution in [0.5, 0.6) is 5.75 Å². The van der Waals surface area contributed by atoms with Crippen molar-refractivity contribution in [2.24, 2.45) is 5.92 Å². The Morgan fingerprint density at radius 2 is 2.08 bits per heavy atom. The van der Waals surface area contributed by atoms with Crippen molar-refractivity contribution >= 4 is 33.1 Å². The van der Waals surface area contributed by atoms with Crippen molar-refractivity contribution in [1.82, 2.24) is 4.98 Å². The summed E-state index contributed by atoms with van der Waals surface area (Å²) in [5.74, 6) is -0.217. The summed E-state index contributed by atoms with van der Waals surface area (Å²) < 4.78 is 0. The quantitative estimate of drug-likeness (QED) is 0.657. The average molecular weight is 354 g/mol. The first-order valence-corrected chi connectivity index (χ1v) is 9.12. The maximum absolute atomic E-state index is 12.6. The predicted octanol–water partition coefficient (Wildman–Crippen LogP) is 3.67. The summed E-state index contributed by atoms with van der Waals surface area (Å²) in [6, 6.07) is 8.88. The number of benzene rings is 1. The Bertz CT molecular complexity index is 1020. The van der Waals surface area contributed by atoms with Crippen LogP contribution in [0.15, 0.2) is 35.1 Å². The Hall–Kier alpha value is -2.60. The minimum absolute atomic E-state index is 0.209. The van der Waals surface area contributed by atoms with Gasteiger partial charge in [0.2, 0.25) is 0 Å². The minimum atomic E-state index is -0.601. The fraction of sp³-hybridized carbons (Fsp3) is 0.263. The topological polar surface area (TPSA) is 82.2 Å². The molecule has 4 rings (SSSR count). The average Bonchev–Trinajstić information content (AvgIpc) is 2.92. The van der Waals surface area contributed by atoms with Crippen molar-refractivity contribution in [1.29, 1.82) is 0 Å². The summed E-state index contributed by atoms with van der Waals surface area (Å²) in [4.78, 5) is 29.6. The zero-order valence-electron chi connectivity index (χ0n) is 13.8. The van der Waals surface area contributed by atoms with E-state index in [1.54, 1.807) is 24.3 Å². The summed E-state index contributed by atoms with van der Waals surface area (Å²) in [5.41, 5.74) is 0.855. The lowest BCUT2D eigenvalue weighted by molar-refractivity contribution is 0.102. The molecule has 3 aromatic rings. The molecule has 1 aromatic carbocycles. The highest BCUT2D eigenvalue weighted by Gasteiger charge is 2.27. The Balaban J connectivity index is 1.82. The molecule has 0 bridgehead atoms. The van der Waals surface area contributed by atoms with Gasteiger partial charge in [0.15, 0.2) is 0 Å². The van der Waals surface area contributed by atoms with Gasteiger partial charge in [0.25, 0.3) is 11.5 Å². The highest BCUT2D eigenvalue weighted by atomic mass is 32.1. The van der Waals surface area contributed by atoms with Gasteiger partial charge >= 0.3 is 0 Å². The standard InChI is InChI=1S/C19H18N2O3S/c1-10-7-8-12-13(9-10)25-19-14(12)16(22)15(18(24)21-19)17(23)20-11-5-3-2-4-6-11/h2-6,10H,7-9H2,1H3,(H,20,23)(H2,21,22,24)/t10-/m1/s1. The number of amides is 1. The van der Waals surface area contributed by atoms with E-state index in [4.69, 9.17) is 0 Å². The van der Waals surface area contributed by atoms with Crippen LogP contribution in [0.3, 0.4) is 0 Å². The number of pyridine rings is 1. The number of hydrogen-bond donors (Lipinski definition) is 3. The van der Waals surface area contributed by atoms with Crippen LogP contribution in [0.25, 0.3) is 10.2 Å². The normalized spacial score (nSPS) is 16.6. The van der Waals surface area contributed by atoms with Crippen LogP contribution in [0.2, 0.25) is 0 Å². The third kappa shape index (κ3) is 2.72. The molecular formula is C19H18N2O3S. The van der Waals surface area contributed by atoms with Crippen LogP contribution >= 0.6 is 11.3 Å². The number of aryl methyl sites for hydroxylation is 1. The van der Waals surface area contributed by atoms with Gasteiger partial charge in [-0.3, -0.25) is 9.59 Å². The number of fused-ring (bicyclic) bond motifs is 3. The molecule has 128 valence electrons. The van der Waals surface area contributed by atoms with Gasteiger partial charge < -0.3 is 15.4 Å². The van der Waals surface area contributed by atoms with Crippen molar-refractivity contribution in [2.45, 2.75) is 26.2 Å². The van der Waals surface area contributed by atoms with Crippen molar-refractivity contribution in [3.63, 3.8) is 0 Å². The van der Waals surface area contributed by atoms with Crippen molar-refractivity contribution < 1.29 is 9.90 Å². The number of nitrogens with one attached hydrogen (secondary N) is 2. The second-order valence-corrected chi connectivity index (χ2v) is 7.66. The van der Waals surface area contributed by atoms with Gasteiger partial charge in [-0.15, -0.1) is 11.3 Å². The molecule has 0 saturated carbocycles. The van der Waals surface area contributed by atoms with E-state index in [2.05, 4.69) is 17.2 Å². The highest BCUT2D eigenvalue weighted by Crippen LogP contribution is 2.41. The molecule has 0 radical (unpaired) electrons. The molecule has 0 aliphatic heterocycles. The summed E-state index contributed by atoms with van der Waals surface area (Å²) in [6.45, 7) is 2.20. The van der Waals surface area contributed by atoms with Gasteiger partial charge in [-0.2, -0.15) is 0 Å². The summed E-state index contributed by atoms with van der Waals surface area (Å²) >= 11 is 1.51. The second kappa shape index (κ2) is 6.04. The van der Waals surface area contributed by atoms with Gasteiger partial charge in [0.05, 0.1) is 5.39 Å². The van der Waals surface area contributed by atoms with Crippen LogP contribution in [0.4, 0.5) is 5.69 Å². The Morgan fingerprint density at radius 3 is 2.84 bits per heavy atom. The number of carbonyl (C=O) groups is 1. The predicted molar refractivity (Wildman–Crippen MR) is 99.7 cm³/mol. The summed E-state index contributed by atoms with van der Waals surface area (Å²) in [6.07, 6.45) is 2.85. The van der Waals surface area contributed by atoms with Crippen LogP contribution in [0, 0.1) is 5.92 Å². The van der Waals surface area contributed by atoms with Crippen LogP contribution in [-0.2, 0) is 12.8 Å². The first-order chi connectivity index (χ1) is 12.0. The number of rotatable bonds is 2. The Labute approximate surface area is 148 Å². The molecule has 0 fully saturated rings. The third-order valence-corrected chi connectivity index (χ3v) is 5.87. The summed E-state index contributed by atoms with van der Waals surface area (Å²) in [7, 11) is 0. The largest absolute Gasteiger partial charge is 0.506 e. The zero-order chi connectivity index (χ0) is 17.6. The molecule has 6 heteroatoms. The molecule has 0 spiro atoms. The molecule has 1 aliphatic carbocycles. The van der Waals surface area contributed by atoms with E-state index in [0.717, 1.165) is 24.8 Å².